The van der Waals surface area contributed by atoms with E-state index in [-0.39, 0.29) is 0 Å². The molecule has 0 bridgehead atoms. The van der Waals surface area contributed by atoms with E-state index >= 15 is 0 Å². The molecule has 2 heterocycles. The molecule has 1 aliphatic heterocycles. The molecule has 0 aromatic carbocycles. The quantitative estimate of drug-likeness (QED) is 0.898. The molecule has 2 fully saturated rings. The molecule has 1 aliphatic carbocycles. The Labute approximate surface area is 113 Å². The molecule has 0 atom stereocenters. The van der Waals surface area contributed by atoms with Gasteiger partial charge in [-0.25, -0.2) is 4.98 Å². The summed E-state index contributed by atoms with van der Waals surface area (Å²) in [5.41, 5.74) is -0.591. The summed E-state index contributed by atoms with van der Waals surface area (Å²) >= 11 is 0. The van der Waals surface area contributed by atoms with E-state index in [4.69, 9.17) is 9.47 Å². The van der Waals surface area contributed by atoms with Crippen molar-refractivity contribution in [3.8, 4) is 0 Å². The van der Waals surface area contributed by atoms with Gasteiger partial charge in [-0.05, 0) is 19.3 Å². The zero-order valence-electron chi connectivity index (χ0n) is 11.5. The Hall–Kier alpha value is -0.910. The second-order valence-electron chi connectivity index (χ2n) is 5.79. The standard InChI is InChI=1S/C14H22N2O3/c1-16-9-8-15-12(16)2-3-13(17)4-6-14(7-5-13)18-10-11-19-14/h8-9,17H,2-7,10-11H2,1H3. The Balaban J connectivity index is 1.55. The maximum absolute atomic E-state index is 10.7. The number of hydrogen-bond acceptors (Lipinski definition) is 4. The first kappa shape index (κ1) is 13.1. The average Bonchev–Trinajstić information content (AvgIpc) is 3.02. The van der Waals surface area contributed by atoms with Gasteiger partial charge in [0.1, 0.15) is 5.82 Å². The smallest absolute Gasteiger partial charge is 0.168 e. The molecule has 0 unspecified atom stereocenters. The fourth-order valence-corrected chi connectivity index (χ4v) is 3.11. The second kappa shape index (κ2) is 4.89. The van der Waals surface area contributed by atoms with Gasteiger partial charge in [-0.3, -0.25) is 0 Å². The van der Waals surface area contributed by atoms with E-state index in [1.165, 1.54) is 0 Å². The molecule has 1 aromatic rings. The van der Waals surface area contributed by atoms with E-state index in [0.717, 1.165) is 44.3 Å². The predicted molar refractivity (Wildman–Crippen MR) is 69.6 cm³/mol. The molecule has 1 spiro atoms. The van der Waals surface area contributed by atoms with Crippen molar-refractivity contribution >= 4 is 0 Å². The Bertz CT molecular complexity index is 428. The highest BCUT2D eigenvalue weighted by Crippen LogP contribution is 2.41. The summed E-state index contributed by atoms with van der Waals surface area (Å²) in [5, 5.41) is 10.7. The SMILES string of the molecule is Cn1ccnc1CCC1(O)CCC2(CC1)OCCO2. The van der Waals surface area contributed by atoms with Gasteiger partial charge in [-0.2, -0.15) is 0 Å². The van der Waals surface area contributed by atoms with Gasteiger partial charge in [-0.1, -0.05) is 0 Å². The molecule has 1 saturated heterocycles. The molecule has 1 aromatic heterocycles. The monoisotopic (exact) mass is 266 g/mol. The summed E-state index contributed by atoms with van der Waals surface area (Å²) in [6.45, 7) is 1.37. The minimum Gasteiger partial charge on any atom is -0.390 e. The van der Waals surface area contributed by atoms with Crippen LogP contribution in [-0.4, -0.2) is 39.3 Å². The first-order valence-corrected chi connectivity index (χ1v) is 7.07. The van der Waals surface area contributed by atoms with Gasteiger partial charge < -0.3 is 19.1 Å². The lowest BCUT2D eigenvalue weighted by molar-refractivity contribution is -0.203. The Morgan fingerprint density at radius 1 is 1.26 bits per heavy atom. The molecule has 1 saturated carbocycles. The zero-order valence-corrected chi connectivity index (χ0v) is 11.5. The lowest BCUT2D eigenvalue weighted by Crippen LogP contribution is -2.43. The topological polar surface area (TPSA) is 56.5 Å². The van der Waals surface area contributed by atoms with E-state index in [1.807, 2.05) is 17.8 Å². The predicted octanol–water partition coefficient (Wildman–Crippen LogP) is 1.40. The Kier molecular flexibility index (Phi) is 3.37. The van der Waals surface area contributed by atoms with Gasteiger partial charge >= 0.3 is 0 Å². The third-order valence-corrected chi connectivity index (χ3v) is 4.49. The van der Waals surface area contributed by atoms with Crippen molar-refractivity contribution in [2.45, 2.75) is 49.9 Å². The number of rotatable bonds is 3. The summed E-state index contributed by atoms with van der Waals surface area (Å²) in [7, 11) is 1.99. The summed E-state index contributed by atoms with van der Waals surface area (Å²) in [6, 6.07) is 0. The van der Waals surface area contributed by atoms with Crippen LogP contribution >= 0.6 is 0 Å². The summed E-state index contributed by atoms with van der Waals surface area (Å²) in [5.74, 6) is 0.636. The molecule has 0 amide bonds. The fourth-order valence-electron chi connectivity index (χ4n) is 3.11. The van der Waals surface area contributed by atoms with Gasteiger partial charge in [0.2, 0.25) is 0 Å². The van der Waals surface area contributed by atoms with Gasteiger partial charge in [-0.15, -0.1) is 0 Å². The number of aryl methyl sites for hydroxylation is 2. The van der Waals surface area contributed by atoms with Gasteiger partial charge in [0.25, 0.3) is 0 Å². The number of aliphatic hydroxyl groups is 1. The maximum atomic E-state index is 10.7. The number of aromatic nitrogens is 2. The Morgan fingerprint density at radius 3 is 2.53 bits per heavy atom. The summed E-state index contributed by atoms with van der Waals surface area (Å²) in [4.78, 5) is 4.30. The highest BCUT2D eigenvalue weighted by Gasteiger charge is 2.45. The van der Waals surface area contributed by atoms with E-state index in [9.17, 15) is 5.11 Å². The molecule has 19 heavy (non-hydrogen) atoms. The highest BCUT2D eigenvalue weighted by atomic mass is 16.7. The normalized spacial score (nSPS) is 24.9. The first-order valence-electron chi connectivity index (χ1n) is 7.07. The number of hydrogen-bond donors (Lipinski definition) is 1. The highest BCUT2D eigenvalue weighted by molar-refractivity contribution is 4.96. The third kappa shape index (κ3) is 2.68. The van der Waals surface area contributed by atoms with E-state index in [0.29, 0.717) is 13.2 Å². The lowest BCUT2D eigenvalue weighted by Gasteiger charge is -2.40. The van der Waals surface area contributed by atoms with Crippen molar-refractivity contribution in [2.75, 3.05) is 13.2 Å². The molecule has 2 aliphatic rings. The van der Waals surface area contributed by atoms with Crippen LogP contribution in [0.25, 0.3) is 0 Å². The second-order valence-corrected chi connectivity index (χ2v) is 5.79. The van der Waals surface area contributed by atoms with Crippen LogP contribution in [0.1, 0.15) is 37.9 Å². The number of nitrogens with zero attached hydrogens (tertiary/aromatic N) is 2. The maximum Gasteiger partial charge on any atom is 0.168 e. The number of imidazole rings is 1. The van der Waals surface area contributed by atoms with Gasteiger partial charge in [0.15, 0.2) is 5.79 Å². The molecule has 5 heteroatoms. The minimum absolute atomic E-state index is 0.393. The fraction of sp³-hybridized carbons (Fsp3) is 0.786. The van der Waals surface area contributed by atoms with E-state index < -0.39 is 11.4 Å². The van der Waals surface area contributed by atoms with Crippen LogP contribution in [0.5, 0.6) is 0 Å². The minimum atomic E-state index is -0.591. The van der Waals surface area contributed by atoms with Gasteiger partial charge in [0, 0.05) is 38.7 Å². The molecule has 0 radical (unpaired) electrons. The van der Waals surface area contributed by atoms with Crippen LogP contribution in [0.4, 0.5) is 0 Å². The van der Waals surface area contributed by atoms with Crippen LogP contribution < -0.4 is 0 Å². The largest absolute Gasteiger partial charge is 0.390 e. The first-order chi connectivity index (χ1) is 9.11. The van der Waals surface area contributed by atoms with Gasteiger partial charge in [0.05, 0.1) is 18.8 Å². The number of ether oxygens (including phenoxy) is 2. The van der Waals surface area contributed by atoms with Crippen LogP contribution in [0.15, 0.2) is 12.4 Å². The van der Waals surface area contributed by atoms with Crippen LogP contribution in [0.2, 0.25) is 0 Å². The molecule has 1 N–H and O–H groups in total. The molecular weight excluding hydrogens is 244 g/mol. The van der Waals surface area contributed by atoms with Crippen molar-refractivity contribution in [1.29, 1.82) is 0 Å². The average molecular weight is 266 g/mol. The summed E-state index contributed by atoms with van der Waals surface area (Å²) < 4.78 is 13.4. The third-order valence-electron chi connectivity index (χ3n) is 4.49. The van der Waals surface area contributed by atoms with E-state index in [2.05, 4.69) is 4.98 Å². The molecule has 5 nitrogen and oxygen atoms in total. The van der Waals surface area contributed by atoms with Crippen molar-refractivity contribution in [2.24, 2.45) is 7.05 Å². The van der Waals surface area contributed by atoms with Crippen molar-refractivity contribution in [3.05, 3.63) is 18.2 Å². The Morgan fingerprint density at radius 2 is 1.95 bits per heavy atom. The van der Waals surface area contributed by atoms with Crippen LogP contribution in [-0.2, 0) is 22.9 Å². The van der Waals surface area contributed by atoms with E-state index in [1.54, 1.807) is 6.20 Å². The zero-order chi connectivity index (χ0) is 13.3. The summed E-state index contributed by atoms with van der Waals surface area (Å²) in [6.07, 6.45) is 8.40. The molecular formula is C14H22N2O3. The molecule has 106 valence electrons. The van der Waals surface area contributed by atoms with Crippen molar-refractivity contribution < 1.29 is 14.6 Å². The van der Waals surface area contributed by atoms with Crippen molar-refractivity contribution in [3.63, 3.8) is 0 Å². The lowest BCUT2D eigenvalue weighted by atomic mass is 9.78. The van der Waals surface area contributed by atoms with Crippen molar-refractivity contribution in [1.82, 2.24) is 9.55 Å². The van der Waals surface area contributed by atoms with Crippen LogP contribution in [0, 0.1) is 0 Å². The molecule has 3 rings (SSSR count). The van der Waals surface area contributed by atoms with Crippen LogP contribution in [0.3, 0.4) is 0 Å².